The topological polar surface area (TPSA) is 3.24 Å². The van der Waals surface area contributed by atoms with E-state index in [0.29, 0.717) is 0 Å². The van der Waals surface area contributed by atoms with Crippen molar-refractivity contribution in [2.75, 3.05) is 13.1 Å². The molecule has 1 fully saturated rings. The van der Waals surface area contributed by atoms with Gasteiger partial charge in [-0.15, -0.1) is 0 Å². The molecule has 78 valence electrons. The maximum atomic E-state index is 2.67. The highest BCUT2D eigenvalue weighted by Crippen LogP contribution is 2.23. The molecule has 1 heterocycles. The molecule has 0 aromatic heterocycles. The Labute approximate surface area is 83.5 Å². The first-order valence-corrected chi connectivity index (χ1v) is 5.87. The van der Waals surface area contributed by atoms with Crippen molar-refractivity contribution in [1.29, 1.82) is 0 Å². The van der Waals surface area contributed by atoms with Crippen molar-refractivity contribution in [3.05, 3.63) is 0 Å². The lowest BCUT2D eigenvalue weighted by Gasteiger charge is -2.37. The lowest BCUT2D eigenvalue weighted by Crippen LogP contribution is -2.42. The van der Waals surface area contributed by atoms with E-state index in [0.717, 1.165) is 17.9 Å². The monoisotopic (exact) mass is 183 g/mol. The Morgan fingerprint density at radius 3 is 2.62 bits per heavy atom. The molecule has 1 nitrogen and oxygen atoms in total. The van der Waals surface area contributed by atoms with Crippen molar-refractivity contribution >= 4 is 0 Å². The summed E-state index contributed by atoms with van der Waals surface area (Å²) in [6, 6.07) is 0.817. The van der Waals surface area contributed by atoms with Crippen LogP contribution in [0.1, 0.15) is 47.0 Å². The molecule has 0 N–H and O–H groups in total. The summed E-state index contributed by atoms with van der Waals surface area (Å²) in [7, 11) is 0. The van der Waals surface area contributed by atoms with Gasteiger partial charge < -0.3 is 4.90 Å². The van der Waals surface area contributed by atoms with Crippen molar-refractivity contribution in [2.24, 2.45) is 11.8 Å². The SMILES string of the molecule is CCC(C)CN1CC[C@H](C)C[C@@H]1C. The van der Waals surface area contributed by atoms with Crippen molar-refractivity contribution in [2.45, 2.75) is 53.0 Å². The molecule has 0 aromatic carbocycles. The second-order valence-electron chi connectivity index (χ2n) is 4.99. The highest BCUT2D eigenvalue weighted by Gasteiger charge is 2.23. The summed E-state index contributed by atoms with van der Waals surface area (Å²) in [6.45, 7) is 12.1. The van der Waals surface area contributed by atoms with Crippen LogP contribution in [0.5, 0.6) is 0 Å². The van der Waals surface area contributed by atoms with Crippen molar-refractivity contribution in [1.82, 2.24) is 4.90 Å². The van der Waals surface area contributed by atoms with E-state index in [4.69, 9.17) is 0 Å². The van der Waals surface area contributed by atoms with E-state index in [-0.39, 0.29) is 0 Å². The Kier molecular flexibility index (Phi) is 4.24. The minimum Gasteiger partial charge on any atom is -0.300 e. The normalized spacial score (nSPS) is 33.2. The first-order chi connectivity index (χ1) is 6.13. The number of hydrogen-bond acceptors (Lipinski definition) is 1. The summed E-state index contributed by atoms with van der Waals surface area (Å²) in [4.78, 5) is 2.67. The van der Waals surface area contributed by atoms with Gasteiger partial charge in [0.15, 0.2) is 0 Å². The second-order valence-corrected chi connectivity index (χ2v) is 4.99. The fraction of sp³-hybridized carbons (Fsp3) is 1.00. The van der Waals surface area contributed by atoms with Crippen LogP contribution in [-0.2, 0) is 0 Å². The minimum atomic E-state index is 0.817. The highest BCUT2D eigenvalue weighted by atomic mass is 15.2. The molecule has 0 amide bonds. The maximum Gasteiger partial charge on any atom is 0.00695 e. The van der Waals surface area contributed by atoms with Gasteiger partial charge in [-0.05, 0) is 38.1 Å². The molecule has 1 aliphatic heterocycles. The molecule has 0 spiro atoms. The quantitative estimate of drug-likeness (QED) is 0.649. The lowest BCUT2D eigenvalue weighted by molar-refractivity contribution is 0.112. The van der Waals surface area contributed by atoms with E-state index < -0.39 is 0 Å². The second kappa shape index (κ2) is 4.99. The minimum absolute atomic E-state index is 0.817. The van der Waals surface area contributed by atoms with E-state index in [1.807, 2.05) is 0 Å². The Morgan fingerprint density at radius 2 is 2.08 bits per heavy atom. The third kappa shape index (κ3) is 3.30. The molecule has 0 saturated carbocycles. The summed E-state index contributed by atoms with van der Waals surface area (Å²) in [5.41, 5.74) is 0. The fourth-order valence-electron chi connectivity index (χ4n) is 2.26. The smallest absolute Gasteiger partial charge is 0.00695 e. The molecule has 0 bridgehead atoms. The van der Waals surface area contributed by atoms with Gasteiger partial charge in [0.05, 0.1) is 0 Å². The van der Waals surface area contributed by atoms with E-state index in [1.54, 1.807) is 0 Å². The largest absolute Gasteiger partial charge is 0.300 e. The molecule has 1 aliphatic rings. The van der Waals surface area contributed by atoms with Crippen LogP contribution in [0.3, 0.4) is 0 Å². The maximum absolute atomic E-state index is 2.67. The van der Waals surface area contributed by atoms with Gasteiger partial charge in [0.2, 0.25) is 0 Å². The van der Waals surface area contributed by atoms with E-state index in [9.17, 15) is 0 Å². The van der Waals surface area contributed by atoms with Crippen LogP contribution < -0.4 is 0 Å². The molecule has 0 radical (unpaired) electrons. The van der Waals surface area contributed by atoms with Gasteiger partial charge in [-0.2, -0.15) is 0 Å². The van der Waals surface area contributed by atoms with Crippen LogP contribution in [0.2, 0.25) is 0 Å². The molecule has 1 heteroatoms. The molecule has 3 atom stereocenters. The summed E-state index contributed by atoms with van der Waals surface area (Å²) >= 11 is 0. The van der Waals surface area contributed by atoms with Crippen molar-refractivity contribution in [3.63, 3.8) is 0 Å². The summed E-state index contributed by atoms with van der Waals surface area (Å²) < 4.78 is 0. The first-order valence-electron chi connectivity index (χ1n) is 5.87. The van der Waals surface area contributed by atoms with Gasteiger partial charge in [-0.3, -0.25) is 0 Å². The van der Waals surface area contributed by atoms with Gasteiger partial charge in [-0.25, -0.2) is 0 Å². The Morgan fingerprint density at radius 1 is 1.38 bits per heavy atom. The summed E-state index contributed by atoms with van der Waals surface area (Å²) in [6.07, 6.45) is 4.12. The molecule has 1 saturated heterocycles. The number of likely N-dealkylation sites (tertiary alicyclic amines) is 1. The average molecular weight is 183 g/mol. The van der Waals surface area contributed by atoms with Gasteiger partial charge in [-0.1, -0.05) is 27.2 Å². The van der Waals surface area contributed by atoms with Gasteiger partial charge in [0, 0.05) is 12.6 Å². The number of rotatable bonds is 3. The molecule has 1 unspecified atom stereocenters. The van der Waals surface area contributed by atoms with Crippen LogP contribution >= 0.6 is 0 Å². The van der Waals surface area contributed by atoms with Crippen LogP contribution in [0.4, 0.5) is 0 Å². The van der Waals surface area contributed by atoms with Crippen molar-refractivity contribution < 1.29 is 0 Å². The standard InChI is InChI=1S/C12H25N/c1-5-10(2)9-13-7-6-11(3)8-12(13)4/h10-12H,5-9H2,1-4H3/t10?,11-,12-/m0/s1. The molecule has 0 aliphatic carbocycles. The fourth-order valence-corrected chi connectivity index (χ4v) is 2.26. The molecule has 13 heavy (non-hydrogen) atoms. The zero-order chi connectivity index (χ0) is 9.84. The molecular weight excluding hydrogens is 158 g/mol. The van der Waals surface area contributed by atoms with Gasteiger partial charge in [0.25, 0.3) is 0 Å². The lowest BCUT2D eigenvalue weighted by atomic mass is 9.92. The molecule has 1 rings (SSSR count). The van der Waals surface area contributed by atoms with E-state index in [1.165, 1.54) is 32.4 Å². The van der Waals surface area contributed by atoms with E-state index in [2.05, 4.69) is 32.6 Å². The highest BCUT2D eigenvalue weighted by molar-refractivity contribution is 4.77. The molecule has 0 aromatic rings. The third-order valence-corrected chi connectivity index (χ3v) is 3.52. The van der Waals surface area contributed by atoms with Crippen LogP contribution in [0, 0.1) is 11.8 Å². The zero-order valence-corrected chi connectivity index (χ0v) is 9.71. The van der Waals surface area contributed by atoms with Crippen LogP contribution in [-0.4, -0.2) is 24.0 Å². The van der Waals surface area contributed by atoms with Gasteiger partial charge >= 0.3 is 0 Å². The summed E-state index contributed by atoms with van der Waals surface area (Å²) in [5, 5.41) is 0. The first kappa shape index (κ1) is 11.0. The number of nitrogens with zero attached hydrogens (tertiary/aromatic N) is 1. The number of hydrogen-bond donors (Lipinski definition) is 0. The Bertz CT molecular complexity index is 144. The average Bonchev–Trinajstić information content (AvgIpc) is 2.09. The van der Waals surface area contributed by atoms with Crippen LogP contribution in [0.25, 0.3) is 0 Å². The van der Waals surface area contributed by atoms with Crippen LogP contribution in [0.15, 0.2) is 0 Å². The van der Waals surface area contributed by atoms with E-state index >= 15 is 0 Å². The number of piperidine rings is 1. The third-order valence-electron chi connectivity index (χ3n) is 3.52. The zero-order valence-electron chi connectivity index (χ0n) is 9.71. The predicted molar refractivity (Wildman–Crippen MR) is 58.9 cm³/mol. The molecular formula is C12H25N. The van der Waals surface area contributed by atoms with Crippen molar-refractivity contribution in [3.8, 4) is 0 Å². The van der Waals surface area contributed by atoms with Gasteiger partial charge in [0.1, 0.15) is 0 Å². The predicted octanol–water partition coefficient (Wildman–Crippen LogP) is 3.15. The Balaban J connectivity index is 2.33. The Hall–Kier alpha value is -0.0400. The summed E-state index contributed by atoms with van der Waals surface area (Å²) in [5.74, 6) is 1.82.